The van der Waals surface area contributed by atoms with Crippen molar-refractivity contribution in [3.63, 3.8) is 0 Å². The second-order valence-electron chi connectivity index (χ2n) is 21.7. The Morgan fingerprint density at radius 3 is 2.49 bits per heavy atom. The number of hydrogen-bond donors (Lipinski definition) is 3. The Morgan fingerprint density at radius 2 is 1.73 bits per heavy atom. The molecule has 22 heteroatoms. The fourth-order valence-electron chi connectivity index (χ4n) is 12.7. The summed E-state index contributed by atoms with van der Waals surface area (Å²) in [7, 11) is 0. The Bertz CT molecular complexity index is 3760. The minimum absolute atomic E-state index is 0.0391. The molecule has 2 bridgehead atoms. The molecular weight excluding hydrogens is 1030 g/mol. The number of hydrogen-bond acceptors (Lipinski definition) is 16. The number of benzene rings is 2. The first-order valence-corrected chi connectivity index (χ1v) is 27.6. The quantitative estimate of drug-likeness (QED) is 0.0665. The van der Waals surface area contributed by atoms with Crippen molar-refractivity contribution in [1.82, 2.24) is 54.3 Å². The van der Waals surface area contributed by atoms with Gasteiger partial charge in [0.05, 0.1) is 47.0 Å². The van der Waals surface area contributed by atoms with Crippen LogP contribution in [0.2, 0.25) is 0 Å². The number of fused-ring (bicyclic) bond motifs is 4. The summed E-state index contributed by atoms with van der Waals surface area (Å²) in [6, 6.07) is 21.2. The second kappa shape index (κ2) is 21.1. The van der Waals surface area contributed by atoms with Gasteiger partial charge in [-0.15, -0.1) is 5.11 Å². The number of carbonyl (C=O) groups is 5. The first-order valence-electron chi connectivity index (χ1n) is 27.6. The number of imidazole rings is 1. The Balaban J connectivity index is 0.551. The van der Waals surface area contributed by atoms with Gasteiger partial charge in [-0.05, 0) is 106 Å². The molecule has 2 aromatic carbocycles. The molecule has 0 saturated carbocycles. The van der Waals surface area contributed by atoms with Crippen LogP contribution in [0.1, 0.15) is 88.7 Å². The predicted molar refractivity (Wildman–Crippen MR) is 296 cm³/mol. The van der Waals surface area contributed by atoms with E-state index in [0.29, 0.717) is 65.9 Å². The van der Waals surface area contributed by atoms with Crippen molar-refractivity contribution in [3.8, 4) is 28.8 Å². The highest BCUT2D eigenvalue weighted by atomic mass is 19.1. The summed E-state index contributed by atoms with van der Waals surface area (Å²) in [5.74, 6) is 6.22. The number of aromatic nitrogens is 7. The third kappa shape index (κ3) is 9.70. The van der Waals surface area contributed by atoms with Gasteiger partial charge in [-0.25, -0.2) is 29.9 Å². The van der Waals surface area contributed by atoms with Crippen LogP contribution >= 0.6 is 0 Å². The standard InChI is InChI=1S/C59H57FN16O5/c1-35-66-48-10-9-46(39-15-20-62-51(26-39)69-61)67-55(48)75(35)41-8-11-49(45(60)28-41)73-34-42-27-43(73)33-72(42)21-3-4-36-7-13-52(64-29-36)70-22-16-38(17-23-70)57(79)71-24-18-40(19-25-71)74-32-37(31-65-74)30-63-47-6-2-5-44-54(47)59(81)76(58(44)80)50-12-14-53(77)68-56(50)78/h2,5-11,13,15,20,26,28-29,31-32,38,40,42-43,50,61,63H,12,14,16-19,21-25,27,30,33-34H2,1H3,(H,68,77,78). The number of nitrogens with zero attached hydrogens (tertiary/aromatic N) is 13. The number of carbonyl (C=O) groups excluding carboxylic acids is 5. The molecule has 410 valence electrons. The normalized spacial score (nSPS) is 20.5. The molecule has 3 unspecified atom stereocenters. The first kappa shape index (κ1) is 51.2. The number of piperidine rings is 3. The number of piperazine rings is 1. The fourth-order valence-corrected chi connectivity index (χ4v) is 12.7. The van der Waals surface area contributed by atoms with Gasteiger partial charge in [0, 0.05) is 117 Å². The molecule has 5 fully saturated rings. The van der Waals surface area contributed by atoms with Gasteiger partial charge < -0.3 is 20.0 Å². The maximum Gasteiger partial charge on any atom is 0.264 e. The number of rotatable bonds is 12. The van der Waals surface area contributed by atoms with Gasteiger partial charge in [-0.3, -0.25) is 48.3 Å². The molecule has 6 aliphatic heterocycles. The van der Waals surface area contributed by atoms with E-state index >= 15 is 4.39 Å². The molecule has 0 radical (unpaired) electrons. The third-order valence-corrected chi connectivity index (χ3v) is 16.9. The summed E-state index contributed by atoms with van der Waals surface area (Å²) in [6.45, 7) is 7.16. The largest absolute Gasteiger partial charge is 0.380 e. The molecule has 11 heterocycles. The number of likely N-dealkylation sites (tertiary alicyclic amines) is 2. The van der Waals surface area contributed by atoms with Gasteiger partial charge in [0.1, 0.15) is 29.0 Å². The molecule has 5 amide bonds. The van der Waals surface area contributed by atoms with E-state index in [1.807, 2.05) is 75.9 Å². The van der Waals surface area contributed by atoms with Gasteiger partial charge in [0.2, 0.25) is 17.7 Å². The fraction of sp³-hybridized carbons (Fsp3) is 0.356. The number of nitrogens with one attached hydrogen (secondary N) is 3. The Morgan fingerprint density at radius 1 is 0.877 bits per heavy atom. The van der Waals surface area contributed by atoms with Crippen LogP contribution in [-0.4, -0.2) is 142 Å². The zero-order valence-corrected chi connectivity index (χ0v) is 44.5. The lowest BCUT2D eigenvalue weighted by Gasteiger charge is -2.37. The second-order valence-corrected chi connectivity index (χ2v) is 21.7. The van der Waals surface area contributed by atoms with Crippen LogP contribution in [0.5, 0.6) is 0 Å². The Labute approximate surface area is 465 Å². The predicted octanol–water partition coefficient (Wildman–Crippen LogP) is 6.59. The molecule has 6 aliphatic rings. The molecule has 5 aromatic heterocycles. The van der Waals surface area contributed by atoms with Crippen molar-refractivity contribution < 1.29 is 28.4 Å². The lowest BCUT2D eigenvalue weighted by molar-refractivity contribution is -0.138. The van der Waals surface area contributed by atoms with E-state index in [2.05, 4.69) is 52.4 Å². The molecule has 5 saturated heterocycles. The highest BCUT2D eigenvalue weighted by Gasteiger charge is 2.46. The maximum atomic E-state index is 16.1. The van der Waals surface area contributed by atoms with Gasteiger partial charge in [-0.1, -0.05) is 17.9 Å². The Hall–Kier alpha value is -9.23. The lowest BCUT2D eigenvalue weighted by atomic mass is 9.93. The van der Waals surface area contributed by atoms with Gasteiger partial charge in [0.15, 0.2) is 11.5 Å². The van der Waals surface area contributed by atoms with Crippen LogP contribution in [0.15, 0.2) is 103 Å². The van der Waals surface area contributed by atoms with E-state index in [1.54, 1.807) is 42.7 Å². The number of amides is 5. The molecular formula is C59H57FN16O5. The molecule has 81 heavy (non-hydrogen) atoms. The van der Waals surface area contributed by atoms with E-state index in [-0.39, 0.29) is 65.6 Å². The van der Waals surface area contributed by atoms with Crippen molar-refractivity contribution in [2.75, 3.05) is 60.9 Å². The highest BCUT2D eigenvalue weighted by Crippen LogP contribution is 2.38. The van der Waals surface area contributed by atoms with E-state index < -0.39 is 29.7 Å². The van der Waals surface area contributed by atoms with Gasteiger partial charge in [-0.2, -0.15) is 5.10 Å². The summed E-state index contributed by atoms with van der Waals surface area (Å²) in [5, 5.41) is 13.6. The van der Waals surface area contributed by atoms with Crippen molar-refractivity contribution in [3.05, 3.63) is 131 Å². The van der Waals surface area contributed by atoms with Gasteiger partial charge >= 0.3 is 0 Å². The number of anilines is 3. The zero-order valence-electron chi connectivity index (χ0n) is 44.5. The number of pyridine rings is 3. The smallest absolute Gasteiger partial charge is 0.264 e. The van der Waals surface area contributed by atoms with Crippen molar-refractivity contribution in [2.24, 2.45) is 11.0 Å². The molecule has 7 aromatic rings. The summed E-state index contributed by atoms with van der Waals surface area (Å²) >= 11 is 0. The van der Waals surface area contributed by atoms with E-state index in [1.165, 1.54) is 0 Å². The van der Waals surface area contributed by atoms with Crippen LogP contribution in [0, 0.1) is 36.0 Å². The average Bonchev–Trinajstić information content (AvgIpc) is 4.49. The highest BCUT2D eigenvalue weighted by molar-refractivity contribution is 6.25. The van der Waals surface area contributed by atoms with E-state index in [0.717, 1.165) is 85.7 Å². The van der Waals surface area contributed by atoms with Crippen LogP contribution in [0.3, 0.4) is 0 Å². The SMILES string of the molecule is Cc1nc2ccc(-c3ccnc(N=N)c3)nc2n1-c1ccc(N2CC3CC2CN3CC#Cc2ccc(N3CCC(C(=O)N4CCC(n5cc(CNc6cccc7c6C(=O)N(C6CCC(=O)NC6=O)C7=O)cn5)CC4)CC3)nc2)c(F)c1. The minimum Gasteiger partial charge on any atom is -0.380 e. The topological polar surface area (TPSA) is 236 Å². The molecule has 0 spiro atoms. The first-order chi connectivity index (χ1) is 39.4. The van der Waals surface area contributed by atoms with Crippen LogP contribution in [-0.2, 0) is 20.9 Å². The van der Waals surface area contributed by atoms with E-state index in [4.69, 9.17) is 20.5 Å². The summed E-state index contributed by atoms with van der Waals surface area (Å²) < 4.78 is 19.9. The van der Waals surface area contributed by atoms with E-state index in [9.17, 15) is 24.0 Å². The molecule has 21 nitrogen and oxygen atoms in total. The molecule has 13 rings (SSSR count). The maximum absolute atomic E-state index is 16.1. The lowest BCUT2D eigenvalue weighted by Crippen LogP contribution is -2.54. The molecule has 0 aliphatic carbocycles. The number of halogens is 1. The average molecular weight is 1090 g/mol. The third-order valence-electron chi connectivity index (χ3n) is 16.9. The van der Waals surface area contributed by atoms with Crippen LogP contribution in [0.4, 0.5) is 27.4 Å². The number of imide groups is 2. The Kier molecular flexibility index (Phi) is 13.3. The molecule has 3 N–H and O–H groups in total. The van der Waals surface area contributed by atoms with Crippen LogP contribution < -0.4 is 20.4 Å². The van der Waals surface area contributed by atoms with Crippen molar-refractivity contribution in [1.29, 1.82) is 5.53 Å². The van der Waals surface area contributed by atoms with Crippen molar-refractivity contribution in [2.45, 2.75) is 82.6 Å². The van der Waals surface area contributed by atoms with Crippen LogP contribution in [0.25, 0.3) is 28.1 Å². The molecule has 3 atom stereocenters. The summed E-state index contributed by atoms with van der Waals surface area (Å²) in [5.41, 5.74) is 14.0. The van der Waals surface area contributed by atoms with Crippen molar-refractivity contribution >= 4 is 63.7 Å². The van der Waals surface area contributed by atoms with Gasteiger partial charge in [0.25, 0.3) is 11.8 Å². The minimum atomic E-state index is -1.04. The summed E-state index contributed by atoms with van der Waals surface area (Å²) in [4.78, 5) is 93.1. The zero-order chi connectivity index (χ0) is 55.5. The monoisotopic (exact) mass is 1090 g/mol. The summed E-state index contributed by atoms with van der Waals surface area (Å²) in [6.07, 6.45) is 11.3. The number of aryl methyl sites for hydroxylation is 1.